The molecule has 25 heavy (non-hydrogen) atoms. The van der Waals surface area contributed by atoms with Crippen molar-refractivity contribution >= 4 is 17.7 Å². The second-order valence-corrected chi connectivity index (χ2v) is 6.51. The number of esters is 1. The largest absolute Gasteiger partial charge is 0.461 e. The fourth-order valence-corrected chi connectivity index (χ4v) is 2.06. The molecule has 0 spiro atoms. The number of hydrogen-bond acceptors (Lipinski definition) is 6. The Kier molecular flexibility index (Phi) is 6.96. The predicted molar refractivity (Wildman–Crippen MR) is 90.5 cm³/mol. The van der Waals surface area contributed by atoms with Crippen LogP contribution >= 0.6 is 0 Å². The lowest BCUT2D eigenvalue weighted by molar-refractivity contribution is -0.384. The Labute approximate surface area is 146 Å². The molecule has 1 rings (SSSR count). The van der Waals surface area contributed by atoms with Crippen molar-refractivity contribution < 1.29 is 24.0 Å². The van der Waals surface area contributed by atoms with Crippen molar-refractivity contribution in [2.75, 3.05) is 20.2 Å². The summed E-state index contributed by atoms with van der Waals surface area (Å²) >= 11 is 0. The van der Waals surface area contributed by atoms with Crippen LogP contribution in [0.4, 0.5) is 10.5 Å². The van der Waals surface area contributed by atoms with Crippen molar-refractivity contribution in [3.8, 4) is 0 Å². The molecule has 140 valence electrons. The first-order valence-corrected chi connectivity index (χ1v) is 8.01. The van der Waals surface area contributed by atoms with Gasteiger partial charge in [-0.25, -0.2) is 9.59 Å². The third-order valence-electron chi connectivity index (χ3n) is 3.18. The SMILES string of the molecule is CCOC(=O)c1cc([N+](=O)[O-])cn1CCCN(C)C(=O)OC(C)(C)C. The van der Waals surface area contributed by atoms with Crippen LogP contribution in [0.15, 0.2) is 12.3 Å². The molecule has 0 aliphatic carbocycles. The second kappa shape index (κ2) is 8.50. The maximum absolute atomic E-state index is 11.9. The van der Waals surface area contributed by atoms with Crippen molar-refractivity contribution in [1.29, 1.82) is 0 Å². The third kappa shape index (κ3) is 6.44. The van der Waals surface area contributed by atoms with E-state index < -0.39 is 22.6 Å². The summed E-state index contributed by atoms with van der Waals surface area (Å²) in [5.74, 6) is -0.615. The van der Waals surface area contributed by atoms with Crippen LogP contribution in [-0.2, 0) is 16.0 Å². The van der Waals surface area contributed by atoms with Gasteiger partial charge in [-0.1, -0.05) is 0 Å². The van der Waals surface area contributed by atoms with E-state index in [0.29, 0.717) is 19.5 Å². The van der Waals surface area contributed by atoms with Crippen LogP contribution in [-0.4, -0.2) is 52.3 Å². The first kappa shape index (κ1) is 20.5. The molecule has 1 heterocycles. The van der Waals surface area contributed by atoms with Crippen molar-refractivity contribution in [1.82, 2.24) is 9.47 Å². The molecule has 0 saturated carbocycles. The van der Waals surface area contributed by atoms with Crippen LogP contribution in [0, 0.1) is 10.1 Å². The average molecular weight is 355 g/mol. The van der Waals surface area contributed by atoms with Gasteiger partial charge in [-0.05, 0) is 34.1 Å². The number of nitro groups is 1. The van der Waals surface area contributed by atoms with Gasteiger partial charge in [-0.3, -0.25) is 10.1 Å². The number of carbonyl (C=O) groups is 2. The molecule has 0 saturated heterocycles. The molecule has 1 aromatic rings. The Hall–Kier alpha value is -2.58. The summed E-state index contributed by atoms with van der Waals surface area (Å²) in [6, 6.07) is 1.19. The molecule has 1 aromatic heterocycles. The molecule has 0 atom stereocenters. The Balaban J connectivity index is 2.71. The van der Waals surface area contributed by atoms with Gasteiger partial charge in [0.05, 0.1) is 17.7 Å². The highest BCUT2D eigenvalue weighted by Crippen LogP contribution is 2.18. The Morgan fingerprint density at radius 2 is 2.00 bits per heavy atom. The van der Waals surface area contributed by atoms with Crippen molar-refractivity contribution in [3.05, 3.63) is 28.1 Å². The van der Waals surface area contributed by atoms with E-state index in [1.165, 1.54) is 21.7 Å². The molecule has 0 N–H and O–H groups in total. The summed E-state index contributed by atoms with van der Waals surface area (Å²) in [5, 5.41) is 10.9. The smallest absolute Gasteiger partial charge is 0.410 e. The lowest BCUT2D eigenvalue weighted by Gasteiger charge is -2.24. The zero-order valence-corrected chi connectivity index (χ0v) is 15.3. The van der Waals surface area contributed by atoms with Crippen LogP contribution in [0.1, 0.15) is 44.6 Å². The van der Waals surface area contributed by atoms with Gasteiger partial charge in [0, 0.05) is 26.2 Å². The van der Waals surface area contributed by atoms with Crippen LogP contribution in [0.2, 0.25) is 0 Å². The molecule has 0 aliphatic rings. The molecule has 9 nitrogen and oxygen atoms in total. The molecule has 0 unspecified atom stereocenters. The summed E-state index contributed by atoms with van der Waals surface area (Å²) < 4.78 is 11.6. The van der Waals surface area contributed by atoms with E-state index in [4.69, 9.17) is 9.47 Å². The maximum Gasteiger partial charge on any atom is 0.410 e. The van der Waals surface area contributed by atoms with E-state index in [1.807, 2.05) is 0 Å². The van der Waals surface area contributed by atoms with Crippen molar-refractivity contribution in [2.24, 2.45) is 0 Å². The summed E-state index contributed by atoms with van der Waals surface area (Å²) in [6.07, 6.45) is 1.34. The molecule has 0 aromatic carbocycles. The van der Waals surface area contributed by atoms with Crippen LogP contribution < -0.4 is 0 Å². The van der Waals surface area contributed by atoms with Crippen LogP contribution in [0.5, 0.6) is 0 Å². The molecular weight excluding hydrogens is 330 g/mol. The Morgan fingerprint density at radius 3 is 2.52 bits per heavy atom. The molecule has 0 fully saturated rings. The van der Waals surface area contributed by atoms with E-state index >= 15 is 0 Å². The van der Waals surface area contributed by atoms with Gasteiger partial charge in [-0.2, -0.15) is 0 Å². The normalized spacial score (nSPS) is 11.1. The molecule has 0 bridgehead atoms. The number of aromatic nitrogens is 1. The molecule has 0 aliphatic heterocycles. The van der Waals surface area contributed by atoms with E-state index in [9.17, 15) is 19.7 Å². The number of carbonyl (C=O) groups excluding carboxylic acids is 2. The average Bonchev–Trinajstić information content (AvgIpc) is 2.90. The fraction of sp³-hybridized carbons (Fsp3) is 0.625. The van der Waals surface area contributed by atoms with E-state index in [0.717, 1.165) is 0 Å². The maximum atomic E-state index is 11.9. The quantitative estimate of drug-likeness (QED) is 0.423. The van der Waals surface area contributed by atoms with E-state index in [2.05, 4.69) is 0 Å². The van der Waals surface area contributed by atoms with Crippen LogP contribution in [0.3, 0.4) is 0 Å². The van der Waals surface area contributed by atoms with Gasteiger partial charge in [0.15, 0.2) is 0 Å². The van der Waals surface area contributed by atoms with Gasteiger partial charge in [0.25, 0.3) is 5.69 Å². The summed E-state index contributed by atoms with van der Waals surface area (Å²) in [5.41, 5.74) is -0.638. The Morgan fingerprint density at radius 1 is 1.36 bits per heavy atom. The summed E-state index contributed by atoms with van der Waals surface area (Å²) in [4.78, 5) is 35.6. The number of aryl methyl sites for hydroxylation is 1. The highest BCUT2D eigenvalue weighted by molar-refractivity contribution is 5.88. The lowest BCUT2D eigenvalue weighted by atomic mass is 10.2. The van der Waals surface area contributed by atoms with Crippen molar-refractivity contribution in [2.45, 2.75) is 46.3 Å². The van der Waals surface area contributed by atoms with Crippen molar-refractivity contribution in [3.63, 3.8) is 0 Å². The van der Waals surface area contributed by atoms with Gasteiger partial charge in [0.2, 0.25) is 0 Å². The minimum Gasteiger partial charge on any atom is -0.461 e. The zero-order valence-electron chi connectivity index (χ0n) is 15.3. The lowest BCUT2D eigenvalue weighted by Crippen LogP contribution is -2.35. The predicted octanol–water partition coefficient (Wildman–Crippen LogP) is 2.83. The Bertz CT molecular complexity index is 632. The highest BCUT2D eigenvalue weighted by Gasteiger charge is 2.21. The van der Waals surface area contributed by atoms with Gasteiger partial charge >= 0.3 is 12.1 Å². The fourth-order valence-electron chi connectivity index (χ4n) is 2.06. The van der Waals surface area contributed by atoms with Crippen LogP contribution in [0.25, 0.3) is 0 Å². The number of nitrogens with zero attached hydrogens (tertiary/aromatic N) is 3. The minimum atomic E-state index is -0.615. The second-order valence-electron chi connectivity index (χ2n) is 6.51. The topological polar surface area (TPSA) is 104 Å². The standard InChI is InChI=1S/C16H25N3O6/c1-6-24-14(20)13-10-12(19(22)23)11-18(13)9-7-8-17(5)15(21)25-16(2,3)4/h10-11H,6-9H2,1-5H3. The molecular formula is C16H25N3O6. The van der Waals surface area contributed by atoms with Gasteiger partial charge in [0.1, 0.15) is 11.3 Å². The molecule has 9 heteroatoms. The molecule has 1 amide bonds. The highest BCUT2D eigenvalue weighted by atomic mass is 16.6. The minimum absolute atomic E-state index is 0.119. The summed E-state index contributed by atoms with van der Waals surface area (Å²) in [6.45, 7) is 7.89. The first-order valence-electron chi connectivity index (χ1n) is 8.01. The first-order chi connectivity index (χ1) is 11.5. The monoisotopic (exact) mass is 355 g/mol. The van der Waals surface area contributed by atoms with E-state index in [1.54, 1.807) is 34.7 Å². The summed E-state index contributed by atoms with van der Waals surface area (Å²) in [7, 11) is 1.61. The van der Waals surface area contributed by atoms with Gasteiger partial charge < -0.3 is 18.9 Å². The number of hydrogen-bond donors (Lipinski definition) is 0. The number of rotatable bonds is 7. The molecule has 0 radical (unpaired) electrons. The third-order valence-corrected chi connectivity index (χ3v) is 3.18. The van der Waals surface area contributed by atoms with Gasteiger partial charge in [-0.15, -0.1) is 0 Å². The number of ether oxygens (including phenoxy) is 2. The van der Waals surface area contributed by atoms with E-state index in [-0.39, 0.29) is 18.0 Å². The number of amides is 1. The zero-order chi connectivity index (χ0) is 19.2.